The summed E-state index contributed by atoms with van der Waals surface area (Å²) in [5.41, 5.74) is 7.08. The highest BCUT2D eigenvalue weighted by atomic mass is 32.1. The van der Waals surface area contributed by atoms with Gasteiger partial charge in [-0.25, -0.2) is 0 Å². The van der Waals surface area contributed by atoms with Crippen LogP contribution in [0.3, 0.4) is 0 Å². The fourth-order valence-electron chi connectivity index (χ4n) is 1.42. The molecule has 0 saturated heterocycles. The quantitative estimate of drug-likeness (QED) is 0.873. The molecule has 0 fully saturated rings. The first-order valence-corrected chi connectivity index (χ1v) is 5.99. The van der Waals surface area contributed by atoms with E-state index in [1.54, 1.807) is 13.2 Å². The van der Waals surface area contributed by atoms with Gasteiger partial charge in [-0.05, 0) is 17.7 Å². The number of anilines is 2. The Kier molecular flexibility index (Phi) is 3.85. The van der Waals surface area contributed by atoms with Crippen molar-refractivity contribution in [3.8, 4) is 0 Å². The van der Waals surface area contributed by atoms with E-state index in [4.69, 9.17) is 10.5 Å². The SMILES string of the molecule is COCc1cccc(NC(=O)c2nnc(N)s2)c1. The number of nitrogens with one attached hydrogen (secondary N) is 1. The first-order valence-electron chi connectivity index (χ1n) is 5.17. The number of ether oxygens (including phenoxy) is 1. The number of nitrogens with two attached hydrogens (primary N) is 1. The fourth-order valence-corrected chi connectivity index (χ4v) is 1.92. The molecule has 94 valence electrons. The summed E-state index contributed by atoms with van der Waals surface area (Å²) in [6, 6.07) is 7.40. The Bertz CT molecular complexity index is 555. The van der Waals surface area contributed by atoms with E-state index in [-0.39, 0.29) is 16.0 Å². The lowest BCUT2D eigenvalue weighted by molar-refractivity contribution is 0.102. The third kappa shape index (κ3) is 3.02. The summed E-state index contributed by atoms with van der Waals surface area (Å²) in [5.74, 6) is -0.321. The van der Waals surface area contributed by atoms with Crippen LogP contribution in [0.15, 0.2) is 24.3 Å². The number of benzene rings is 1. The Balaban J connectivity index is 2.09. The molecule has 18 heavy (non-hydrogen) atoms. The van der Waals surface area contributed by atoms with Crippen molar-refractivity contribution in [3.63, 3.8) is 0 Å². The number of carbonyl (C=O) groups is 1. The van der Waals surface area contributed by atoms with Gasteiger partial charge in [0.1, 0.15) is 0 Å². The Hall–Kier alpha value is -1.99. The molecule has 1 amide bonds. The summed E-state index contributed by atoms with van der Waals surface area (Å²) in [4.78, 5) is 11.8. The van der Waals surface area contributed by atoms with Gasteiger partial charge in [-0.15, -0.1) is 10.2 Å². The molecular weight excluding hydrogens is 252 g/mol. The standard InChI is InChI=1S/C11H12N4O2S/c1-17-6-7-3-2-4-8(5-7)13-9(16)10-14-15-11(12)18-10/h2-5H,6H2,1H3,(H2,12,15)(H,13,16). The molecule has 0 aliphatic heterocycles. The van der Waals surface area contributed by atoms with Crippen LogP contribution in [0.2, 0.25) is 0 Å². The van der Waals surface area contributed by atoms with Gasteiger partial charge in [-0.1, -0.05) is 23.5 Å². The smallest absolute Gasteiger partial charge is 0.286 e. The second-order valence-electron chi connectivity index (χ2n) is 3.53. The maximum Gasteiger partial charge on any atom is 0.286 e. The van der Waals surface area contributed by atoms with E-state index < -0.39 is 0 Å². The minimum absolute atomic E-state index is 0.240. The lowest BCUT2D eigenvalue weighted by atomic mass is 10.2. The number of hydrogen-bond acceptors (Lipinski definition) is 6. The molecule has 1 aromatic carbocycles. The molecule has 0 atom stereocenters. The molecule has 3 N–H and O–H groups in total. The van der Waals surface area contributed by atoms with Gasteiger partial charge in [0.25, 0.3) is 5.91 Å². The third-order valence-electron chi connectivity index (χ3n) is 2.13. The molecule has 7 heteroatoms. The minimum atomic E-state index is -0.321. The van der Waals surface area contributed by atoms with Crippen molar-refractivity contribution < 1.29 is 9.53 Å². The molecule has 1 aromatic heterocycles. The summed E-state index contributed by atoms with van der Waals surface area (Å²) in [6.45, 7) is 0.496. The fraction of sp³-hybridized carbons (Fsp3) is 0.182. The van der Waals surface area contributed by atoms with Crippen molar-refractivity contribution in [1.82, 2.24) is 10.2 Å². The molecule has 2 aromatic rings. The van der Waals surface area contributed by atoms with Gasteiger partial charge in [-0.2, -0.15) is 0 Å². The van der Waals surface area contributed by atoms with Crippen molar-refractivity contribution in [3.05, 3.63) is 34.8 Å². The summed E-state index contributed by atoms with van der Waals surface area (Å²) >= 11 is 1.05. The normalized spacial score (nSPS) is 10.3. The predicted molar refractivity (Wildman–Crippen MR) is 69.4 cm³/mol. The van der Waals surface area contributed by atoms with Gasteiger partial charge in [0.15, 0.2) is 0 Å². The average molecular weight is 264 g/mol. The van der Waals surface area contributed by atoms with Gasteiger partial charge >= 0.3 is 0 Å². The summed E-state index contributed by atoms with van der Waals surface area (Å²) in [7, 11) is 1.62. The zero-order valence-corrected chi connectivity index (χ0v) is 10.5. The third-order valence-corrected chi connectivity index (χ3v) is 2.88. The van der Waals surface area contributed by atoms with Crippen molar-refractivity contribution in [1.29, 1.82) is 0 Å². The Morgan fingerprint density at radius 2 is 2.33 bits per heavy atom. The van der Waals surface area contributed by atoms with Crippen LogP contribution in [0.25, 0.3) is 0 Å². The molecule has 6 nitrogen and oxygen atoms in total. The number of rotatable bonds is 4. The highest BCUT2D eigenvalue weighted by Crippen LogP contribution is 2.15. The van der Waals surface area contributed by atoms with Crippen LogP contribution in [0.4, 0.5) is 10.8 Å². The average Bonchev–Trinajstić information content (AvgIpc) is 2.77. The summed E-state index contributed by atoms with van der Waals surface area (Å²) in [6.07, 6.45) is 0. The first-order chi connectivity index (χ1) is 8.69. The Labute approximate surface area is 108 Å². The van der Waals surface area contributed by atoms with Crippen molar-refractivity contribution in [2.24, 2.45) is 0 Å². The monoisotopic (exact) mass is 264 g/mol. The molecular formula is C11H12N4O2S. The highest BCUT2D eigenvalue weighted by molar-refractivity contribution is 7.16. The van der Waals surface area contributed by atoms with Crippen LogP contribution in [0, 0.1) is 0 Å². The van der Waals surface area contributed by atoms with Crippen LogP contribution in [-0.4, -0.2) is 23.2 Å². The second kappa shape index (κ2) is 5.56. The lowest BCUT2D eigenvalue weighted by Crippen LogP contribution is -2.11. The zero-order chi connectivity index (χ0) is 13.0. The van der Waals surface area contributed by atoms with Crippen molar-refractivity contribution in [2.45, 2.75) is 6.61 Å². The second-order valence-corrected chi connectivity index (χ2v) is 4.54. The van der Waals surface area contributed by atoms with Crippen molar-refractivity contribution >= 4 is 28.1 Å². The number of nitrogen functional groups attached to an aromatic ring is 1. The number of amides is 1. The molecule has 0 unspecified atom stereocenters. The van der Waals surface area contributed by atoms with Gasteiger partial charge < -0.3 is 15.8 Å². The number of carbonyl (C=O) groups excluding carboxylic acids is 1. The Morgan fingerprint density at radius 3 is 3.00 bits per heavy atom. The van der Waals surface area contributed by atoms with Crippen LogP contribution >= 0.6 is 11.3 Å². The molecule has 1 heterocycles. The van der Waals surface area contributed by atoms with E-state index >= 15 is 0 Å². The largest absolute Gasteiger partial charge is 0.380 e. The topological polar surface area (TPSA) is 90.1 Å². The lowest BCUT2D eigenvalue weighted by Gasteiger charge is -2.05. The molecule has 0 spiro atoms. The summed E-state index contributed by atoms with van der Waals surface area (Å²) in [5, 5.41) is 10.5. The van der Waals surface area contributed by atoms with Gasteiger partial charge in [0, 0.05) is 12.8 Å². The van der Waals surface area contributed by atoms with E-state index in [0.29, 0.717) is 12.3 Å². The molecule has 0 aliphatic rings. The molecule has 2 rings (SSSR count). The van der Waals surface area contributed by atoms with E-state index in [1.807, 2.05) is 18.2 Å². The zero-order valence-electron chi connectivity index (χ0n) is 9.71. The van der Waals surface area contributed by atoms with Crippen LogP contribution in [0.5, 0.6) is 0 Å². The summed E-state index contributed by atoms with van der Waals surface area (Å²) < 4.78 is 5.03. The first kappa shape index (κ1) is 12.5. The maximum absolute atomic E-state index is 11.8. The molecule has 0 aliphatic carbocycles. The predicted octanol–water partition coefficient (Wildman–Crippen LogP) is 1.52. The van der Waals surface area contributed by atoms with E-state index in [1.165, 1.54) is 0 Å². The number of nitrogens with zero attached hydrogens (tertiary/aromatic N) is 2. The maximum atomic E-state index is 11.8. The van der Waals surface area contributed by atoms with Gasteiger partial charge in [0.05, 0.1) is 6.61 Å². The van der Waals surface area contributed by atoms with E-state index in [2.05, 4.69) is 15.5 Å². The molecule has 0 bridgehead atoms. The van der Waals surface area contributed by atoms with E-state index in [9.17, 15) is 4.79 Å². The van der Waals surface area contributed by atoms with Crippen LogP contribution in [-0.2, 0) is 11.3 Å². The molecule has 0 radical (unpaired) electrons. The van der Waals surface area contributed by atoms with Crippen LogP contribution < -0.4 is 11.1 Å². The Morgan fingerprint density at radius 1 is 1.50 bits per heavy atom. The minimum Gasteiger partial charge on any atom is -0.380 e. The highest BCUT2D eigenvalue weighted by Gasteiger charge is 2.11. The van der Waals surface area contributed by atoms with E-state index in [0.717, 1.165) is 16.9 Å². The van der Waals surface area contributed by atoms with Gasteiger partial charge in [-0.3, -0.25) is 4.79 Å². The number of aromatic nitrogens is 2. The van der Waals surface area contributed by atoms with Crippen LogP contribution in [0.1, 0.15) is 15.4 Å². The van der Waals surface area contributed by atoms with Gasteiger partial charge in [0.2, 0.25) is 10.1 Å². The number of hydrogen-bond donors (Lipinski definition) is 2. The number of methoxy groups -OCH3 is 1. The van der Waals surface area contributed by atoms with Crippen molar-refractivity contribution in [2.75, 3.05) is 18.2 Å². The molecule has 0 saturated carbocycles.